The average molecular weight is 449 g/mol. The van der Waals surface area contributed by atoms with E-state index in [9.17, 15) is 9.59 Å². The monoisotopic (exact) mass is 448 g/mol. The van der Waals surface area contributed by atoms with E-state index in [2.05, 4.69) is 10.6 Å². The lowest BCUT2D eigenvalue weighted by Crippen LogP contribution is -2.86. The van der Waals surface area contributed by atoms with Crippen molar-refractivity contribution in [3.63, 3.8) is 0 Å². The van der Waals surface area contributed by atoms with E-state index in [1.807, 2.05) is 27.7 Å². The Labute approximate surface area is 184 Å². The summed E-state index contributed by atoms with van der Waals surface area (Å²) in [5, 5.41) is 5.32. The van der Waals surface area contributed by atoms with Crippen molar-refractivity contribution in [1.29, 1.82) is 0 Å². The maximum Gasteiger partial charge on any atom is 0.316 e. The molecule has 2 heterocycles. The molecule has 2 rings (SSSR count). The second kappa shape index (κ2) is 11.8. The Kier molecular flexibility index (Phi) is 10.1. The number of nitrogens with two attached hydrogens (primary N) is 2. The van der Waals surface area contributed by atoms with Gasteiger partial charge in [0.25, 0.3) is 0 Å². The third-order valence-corrected chi connectivity index (χ3v) is 8.42. The summed E-state index contributed by atoms with van der Waals surface area (Å²) >= 11 is 3.01. The molecule has 0 spiro atoms. The van der Waals surface area contributed by atoms with Crippen molar-refractivity contribution in [3.05, 3.63) is 0 Å². The molecule has 0 aromatic rings. The van der Waals surface area contributed by atoms with Crippen LogP contribution in [0.25, 0.3) is 0 Å². The Morgan fingerprint density at radius 1 is 0.759 bits per heavy atom. The minimum atomic E-state index is -0.398. The van der Waals surface area contributed by atoms with Crippen LogP contribution in [0.2, 0.25) is 0 Å². The van der Waals surface area contributed by atoms with Crippen LogP contribution in [0.1, 0.15) is 53.4 Å². The van der Waals surface area contributed by atoms with E-state index in [1.54, 1.807) is 0 Å². The van der Waals surface area contributed by atoms with Gasteiger partial charge in [-0.25, -0.2) is 0 Å². The van der Waals surface area contributed by atoms with Crippen LogP contribution in [0.4, 0.5) is 0 Å². The molecule has 0 radical (unpaired) electrons. The zero-order chi connectivity index (χ0) is 21.3. The third-order valence-electron chi connectivity index (χ3n) is 6.20. The maximum atomic E-state index is 12.2. The molecule has 2 saturated heterocycles. The standard InChI is InChI=1S/C21H38N2O4S2/c1-20(2,16-5-9-22-10-6-16)26-18(24)13-28-15-29-14-19(25)27-21(3,4)17-7-11-23-12-8-17/h16-17,22-23H,5-15H2,1-4H3/p+2. The van der Waals surface area contributed by atoms with Gasteiger partial charge in [0.1, 0.15) is 11.2 Å². The largest absolute Gasteiger partial charge is 0.459 e. The van der Waals surface area contributed by atoms with Crippen molar-refractivity contribution < 1.29 is 29.7 Å². The van der Waals surface area contributed by atoms with Gasteiger partial charge in [-0.05, 0) is 27.7 Å². The molecule has 2 aliphatic heterocycles. The first-order valence-corrected chi connectivity index (χ1v) is 13.2. The molecule has 4 N–H and O–H groups in total. The Morgan fingerprint density at radius 3 is 1.45 bits per heavy atom. The van der Waals surface area contributed by atoms with Gasteiger partial charge in [0, 0.05) is 42.6 Å². The molecule has 0 atom stereocenters. The average Bonchev–Trinajstić information content (AvgIpc) is 2.68. The lowest BCUT2D eigenvalue weighted by Gasteiger charge is -2.35. The van der Waals surface area contributed by atoms with Gasteiger partial charge in [-0.15, -0.1) is 23.5 Å². The molecular formula is C21H40N2O4S2+2. The van der Waals surface area contributed by atoms with E-state index in [0.717, 1.165) is 51.9 Å². The van der Waals surface area contributed by atoms with Gasteiger partial charge < -0.3 is 20.1 Å². The summed E-state index contributed by atoms with van der Waals surface area (Å²) < 4.78 is 11.5. The summed E-state index contributed by atoms with van der Waals surface area (Å²) in [4.78, 5) is 24.4. The minimum absolute atomic E-state index is 0.159. The first-order valence-electron chi connectivity index (χ1n) is 10.9. The second-order valence-electron chi connectivity index (χ2n) is 9.25. The normalized spacial score (nSPS) is 19.7. The zero-order valence-corrected chi connectivity index (χ0v) is 20.2. The van der Waals surface area contributed by atoms with Crippen LogP contribution in [-0.2, 0) is 19.1 Å². The van der Waals surface area contributed by atoms with E-state index in [1.165, 1.54) is 23.5 Å². The number of carbonyl (C=O) groups excluding carboxylic acids is 2. The number of carbonyl (C=O) groups is 2. The zero-order valence-electron chi connectivity index (χ0n) is 18.5. The molecule has 0 saturated carbocycles. The first-order chi connectivity index (χ1) is 13.7. The molecule has 29 heavy (non-hydrogen) atoms. The van der Waals surface area contributed by atoms with E-state index < -0.39 is 11.2 Å². The summed E-state index contributed by atoms with van der Waals surface area (Å²) in [6, 6.07) is 0. The molecule has 8 heteroatoms. The van der Waals surface area contributed by atoms with Crippen molar-refractivity contribution >= 4 is 35.5 Å². The highest BCUT2D eigenvalue weighted by Crippen LogP contribution is 2.29. The van der Waals surface area contributed by atoms with Crippen molar-refractivity contribution in [1.82, 2.24) is 0 Å². The molecule has 0 aliphatic carbocycles. The third kappa shape index (κ3) is 8.67. The Bertz CT molecular complexity index is 485. The lowest BCUT2D eigenvalue weighted by atomic mass is 9.83. The molecule has 0 aromatic carbocycles. The quantitative estimate of drug-likeness (QED) is 0.295. The van der Waals surface area contributed by atoms with Gasteiger partial charge in [0.15, 0.2) is 0 Å². The molecule has 0 amide bonds. The Balaban J connectivity index is 1.58. The molecule has 2 aliphatic rings. The SMILES string of the molecule is CC(C)(OC(=O)CSCSCC(=O)OC(C)(C)C1CC[NH2+]CC1)C1CC[NH2+]CC1. The van der Waals surface area contributed by atoms with Crippen LogP contribution < -0.4 is 10.6 Å². The van der Waals surface area contributed by atoms with Crippen molar-refractivity contribution in [3.8, 4) is 0 Å². The highest BCUT2D eigenvalue weighted by molar-refractivity contribution is 8.16. The molecular weight excluding hydrogens is 408 g/mol. The molecule has 2 fully saturated rings. The van der Waals surface area contributed by atoms with Gasteiger partial charge in [-0.2, -0.15) is 0 Å². The van der Waals surface area contributed by atoms with Crippen LogP contribution in [0, 0.1) is 11.8 Å². The van der Waals surface area contributed by atoms with E-state index in [0.29, 0.717) is 28.4 Å². The number of rotatable bonds is 10. The van der Waals surface area contributed by atoms with Crippen LogP contribution in [0.5, 0.6) is 0 Å². The molecule has 0 aromatic heterocycles. The van der Waals surface area contributed by atoms with Crippen LogP contribution >= 0.6 is 23.5 Å². The number of esters is 2. The minimum Gasteiger partial charge on any atom is -0.459 e. The van der Waals surface area contributed by atoms with Gasteiger partial charge in [-0.1, -0.05) is 0 Å². The van der Waals surface area contributed by atoms with Crippen LogP contribution in [0.3, 0.4) is 0 Å². The predicted molar refractivity (Wildman–Crippen MR) is 119 cm³/mol. The van der Waals surface area contributed by atoms with Crippen LogP contribution in [0.15, 0.2) is 0 Å². The predicted octanol–water partition coefficient (Wildman–Crippen LogP) is 1.00. The lowest BCUT2D eigenvalue weighted by molar-refractivity contribution is -0.666. The number of hydrogen-bond donors (Lipinski definition) is 2. The Morgan fingerprint density at radius 2 is 1.10 bits per heavy atom. The summed E-state index contributed by atoms with van der Waals surface area (Å²) in [5.41, 5.74) is -0.795. The smallest absolute Gasteiger partial charge is 0.316 e. The molecule has 0 unspecified atom stereocenters. The van der Waals surface area contributed by atoms with Crippen molar-refractivity contribution in [2.45, 2.75) is 64.6 Å². The van der Waals surface area contributed by atoms with Crippen molar-refractivity contribution in [2.75, 3.05) is 42.8 Å². The van der Waals surface area contributed by atoms with Gasteiger partial charge in [0.05, 0.1) is 37.7 Å². The molecule has 6 nitrogen and oxygen atoms in total. The fourth-order valence-electron chi connectivity index (χ4n) is 4.37. The van der Waals surface area contributed by atoms with Gasteiger partial charge in [-0.3, -0.25) is 9.59 Å². The number of ether oxygens (including phenoxy) is 2. The number of thioether (sulfide) groups is 2. The van der Waals surface area contributed by atoms with E-state index >= 15 is 0 Å². The highest BCUT2D eigenvalue weighted by atomic mass is 32.2. The number of piperidine rings is 2. The van der Waals surface area contributed by atoms with Gasteiger partial charge >= 0.3 is 11.9 Å². The number of quaternary nitrogens is 2. The summed E-state index contributed by atoms with van der Waals surface area (Å²) in [5.74, 6) is 1.22. The van der Waals surface area contributed by atoms with E-state index in [4.69, 9.17) is 9.47 Å². The van der Waals surface area contributed by atoms with Crippen LogP contribution in [-0.4, -0.2) is 65.9 Å². The Hall–Kier alpha value is -0.440. The summed E-state index contributed by atoms with van der Waals surface area (Å²) in [6.45, 7) is 12.6. The van der Waals surface area contributed by atoms with Crippen molar-refractivity contribution in [2.24, 2.45) is 11.8 Å². The fraction of sp³-hybridized carbons (Fsp3) is 0.905. The molecule has 0 bridgehead atoms. The van der Waals surface area contributed by atoms with E-state index in [-0.39, 0.29) is 11.9 Å². The summed E-state index contributed by atoms with van der Waals surface area (Å²) in [6.07, 6.45) is 4.39. The fourth-order valence-corrected chi connectivity index (χ4v) is 5.95. The molecule has 168 valence electrons. The van der Waals surface area contributed by atoms with Gasteiger partial charge in [0.2, 0.25) is 0 Å². The maximum absolute atomic E-state index is 12.2. The first kappa shape index (κ1) is 24.8. The number of hydrogen-bond acceptors (Lipinski definition) is 6. The second-order valence-corrected chi connectivity index (χ2v) is 11.6. The summed E-state index contributed by atoms with van der Waals surface area (Å²) in [7, 11) is 0. The highest BCUT2D eigenvalue weighted by Gasteiger charge is 2.36. The topological polar surface area (TPSA) is 85.8 Å².